The number of rotatable bonds is 3. The zero-order chi connectivity index (χ0) is 17.1. The van der Waals surface area contributed by atoms with E-state index in [1.807, 2.05) is 6.92 Å². The Morgan fingerprint density at radius 1 is 1.17 bits per heavy atom. The predicted molar refractivity (Wildman–Crippen MR) is 88.8 cm³/mol. The first-order chi connectivity index (χ1) is 11.3. The maximum absolute atomic E-state index is 12.6. The van der Waals surface area contributed by atoms with Gasteiger partial charge in [0.15, 0.2) is 0 Å². The molecule has 4 saturated carbocycles. The van der Waals surface area contributed by atoms with Crippen LogP contribution in [0, 0.1) is 17.3 Å². The molecule has 5 atom stereocenters. The smallest absolute Gasteiger partial charge is 0.259 e. The van der Waals surface area contributed by atoms with Crippen LogP contribution in [0.25, 0.3) is 0 Å². The Morgan fingerprint density at radius 3 is 2.29 bits per heavy atom. The first-order valence-electron chi connectivity index (χ1n) is 8.84. The van der Waals surface area contributed by atoms with E-state index in [1.165, 1.54) is 24.6 Å². The summed E-state index contributed by atoms with van der Waals surface area (Å²) in [5.74, 6) is 0.205. The second kappa shape index (κ2) is 5.12. The fourth-order valence-electron chi connectivity index (χ4n) is 5.97. The molecule has 4 bridgehead atoms. The minimum Gasteiger partial charge on any atom is -0.507 e. The summed E-state index contributed by atoms with van der Waals surface area (Å²) in [5.41, 5.74) is -0.720. The van der Waals surface area contributed by atoms with Gasteiger partial charge in [-0.2, -0.15) is 0 Å². The zero-order valence-electron chi connectivity index (χ0n) is 14.0. The molecular weight excluding hydrogens is 306 g/mol. The van der Waals surface area contributed by atoms with Crippen LogP contribution in [0.2, 0.25) is 0 Å². The molecular formula is C19H25NO4. The average molecular weight is 331 g/mol. The SMILES string of the molecule is C[C@@H](NC(=O)c1c(O)cccc1O)C12C[C@@H]3C[C@@H](CC(O)(C3)C1)C2. The first-order valence-corrected chi connectivity index (χ1v) is 8.84. The van der Waals surface area contributed by atoms with Crippen LogP contribution >= 0.6 is 0 Å². The van der Waals surface area contributed by atoms with Crippen LogP contribution in [-0.2, 0) is 0 Å². The molecule has 0 spiro atoms. The molecule has 0 saturated heterocycles. The van der Waals surface area contributed by atoms with Gasteiger partial charge in [-0.1, -0.05) is 6.07 Å². The Bertz CT molecular complexity index is 652. The molecule has 2 unspecified atom stereocenters. The lowest BCUT2D eigenvalue weighted by atomic mass is 9.46. The van der Waals surface area contributed by atoms with E-state index in [1.54, 1.807) is 0 Å². The van der Waals surface area contributed by atoms with Crippen LogP contribution in [0.5, 0.6) is 11.5 Å². The Labute approximate surface area is 141 Å². The molecule has 0 aromatic heterocycles. The first kappa shape index (κ1) is 15.8. The number of phenolic OH excluding ortho intramolecular Hbond substituents is 2. The number of hydrogen-bond donors (Lipinski definition) is 4. The normalized spacial score (nSPS) is 38.1. The summed E-state index contributed by atoms with van der Waals surface area (Å²) in [7, 11) is 0. The summed E-state index contributed by atoms with van der Waals surface area (Å²) in [4.78, 5) is 12.6. The summed E-state index contributed by atoms with van der Waals surface area (Å²) in [5, 5.41) is 33.6. The summed E-state index contributed by atoms with van der Waals surface area (Å²) in [6.45, 7) is 1.99. The van der Waals surface area contributed by atoms with Gasteiger partial charge in [0.05, 0.1) is 5.60 Å². The molecule has 4 N–H and O–H groups in total. The largest absolute Gasteiger partial charge is 0.507 e. The van der Waals surface area contributed by atoms with E-state index in [2.05, 4.69) is 5.32 Å². The van der Waals surface area contributed by atoms with E-state index in [0.29, 0.717) is 11.8 Å². The van der Waals surface area contributed by atoms with Crippen LogP contribution in [0.1, 0.15) is 55.8 Å². The number of benzene rings is 1. The minimum absolute atomic E-state index is 0.0749. The molecule has 0 aliphatic heterocycles. The molecule has 24 heavy (non-hydrogen) atoms. The van der Waals surface area contributed by atoms with E-state index in [4.69, 9.17) is 0 Å². The quantitative estimate of drug-likeness (QED) is 0.685. The van der Waals surface area contributed by atoms with Crippen LogP contribution < -0.4 is 5.32 Å². The fourth-order valence-corrected chi connectivity index (χ4v) is 5.97. The Hall–Kier alpha value is -1.75. The topological polar surface area (TPSA) is 89.8 Å². The number of aliphatic hydroxyl groups is 1. The average Bonchev–Trinajstić information content (AvgIpc) is 2.44. The van der Waals surface area contributed by atoms with Crippen molar-refractivity contribution in [1.82, 2.24) is 5.32 Å². The summed E-state index contributed by atoms with van der Waals surface area (Å²) in [6.07, 6.45) is 5.81. The minimum atomic E-state index is -0.569. The Morgan fingerprint density at radius 2 is 1.75 bits per heavy atom. The van der Waals surface area contributed by atoms with Crippen molar-refractivity contribution in [2.45, 2.75) is 57.1 Å². The molecule has 1 amide bonds. The fraction of sp³-hybridized carbons (Fsp3) is 0.632. The molecule has 4 fully saturated rings. The number of hydrogen-bond acceptors (Lipinski definition) is 4. The molecule has 5 nitrogen and oxygen atoms in total. The third-order valence-electron chi connectivity index (χ3n) is 6.59. The third kappa shape index (κ3) is 2.37. The number of phenols is 2. The van der Waals surface area contributed by atoms with E-state index >= 15 is 0 Å². The molecule has 4 aliphatic carbocycles. The van der Waals surface area contributed by atoms with E-state index < -0.39 is 11.5 Å². The zero-order valence-corrected chi connectivity index (χ0v) is 14.0. The van der Waals surface area contributed by atoms with Crippen LogP contribution in [-0.4, -0.2) is 32.9 Å². The van der Waals surface area contributed by atoms with Crippen molar-refractivity contribution in [2.75, 3.05) is 0 Å². The molecule has 0 radical (unpaired) electrons. The highest BCUT2D eigenvalue weighted by molar-refractivity contribution is 5.99. The lowest BCUT2D eigenvalue weighted by molar-refractivity contribution is -0.171. The molecule has 4 aliphatic rings. The van der Waals surface area contributed by atoms with Gasteiger partial charge in [0.1, 0.15) is 17.1 Å². The molecule has 0 heterocycles. The van der Waals surface area contributed by atoms with Crippen molar-refractivity contribution >= 4 is 5.91 Å². The van der Waals surface area contributed by atoms with E-state index in [0.717, 1.165) is 32.1 Å². The van der Waals surface area contributed by atoms with Gasteiger partial charge < -0.3 is 20.6 Å². The second-order valence-corrected chi connectivity index (χ2v) is 8.41. The van der Waals surface area contributed by atoms with Crippen molar-refractivity contribution in [1.29, 1.82) is 0 Å². The second-order valence-electron chi connectivity index (χ2n) is 8.41. The monoisotopic (exact) mass is 331 g/mol. The van der Waals surface area contributed by atoms with Crippen LogP contribution in [0.3, 0.4) is 0 Å². The van der Waals surface area contributed by atoms with Gasteiger partial charge >= 0.3 is 0 Å². The highest BCUT2D eigenvalue weighted by Gasteiger charge is 2.59. The third-order valence-corrected chi connectivity index (χ3v) is 6.59. The number of carbonyl (C=O) groups is 1. The predicted octanol–water partition coefficient (Wildman–Crippen LogP) is 2.55. The standard InChI is InChI=1S/C19H25NO4/c1-11(20-17(23)16-14(21)3-2-4-15(16)22)18-6-12-5-13(7-18)9-19(24,8-12)10-18/h2-4,11-13,21-22,24H,5-10H2,1H3,(H,20,23)/t11-,12-,13+,18?,19?/m1/s1. The lowest BCUT2D eigenvalue weighted by Crippen LogP contribution is -2.61. The van der Waals surface area contributed by atoms with Gasteiger partial charge in [-0.25, -0.2) is 0 Å². The van der Waals surface area contributed by atoms with Crippen molar-refractivity contribution < 1.29 is 20.1 Å². The molecule has 1 aromatic rings. The van der Waals surface area contributed by atoms with Gasteiger partial charge in [0.2, 0.25) is 0 Å². The van der Waals surface area contributed by atoms with Crippen LogP contribution in [0.15, 0.2) is 18.2 Å². The maximum Gasteiger partial charge on any atom is 0.259 e. The maximum atomic E-state index is 12.6. The van der Waals surface area contributed by atoms with Crippen LogP contribution in [0.4, 0.5) is 0 Å². The van der Waals surface area contributed by atoms with Crippen molar-refractivity contribution in [2.24, 2.45) is 17.3 Å². The highest BCUT2D eigenvalue weighted by atomic mass is 16.3. The molecule has 5 heteroatoms. The molecule has 5 rings (SSSR count). The Balaban J connectivity index is 1.56. The van der Waals surface area contributed by atoms with Crippen molar-refractivity contribution in [3.63, 3.8) is 0 Å². The van der Waals surface area contributed by atoms with Gasteiger partial charge in [-0.15, -0.1) is 0 Å². The summed E-state index contributed by atoms with van der Waals surface area (Å²) >= 11 is 0. The molecule has 130 valence electrons. The van der Waals surface area contributed by atoms with Gasteiger partial charge in [0.25, 0.3) is 5.91 Å². The Kier molecular flexibility index (Phi) is 3.36. The number of carbonyl (C=O) groups excluding carboxylic acids is 1. The summed E-state index contributed by atoms with van der Waals surface area (Å²) < 4.78 is 0. The van der Waals surface area contributed by atoms with Crippen molar-refractivity contribution in [3.05, 3.63) is 23.8 Å². The molecule has 1 aromatic carbocycles. The van der Waals surface area contributed by atoms with E-state index in [9.17, 15) is 20.1 Å². The van der Waals surface area contributed by atoms with Gasteiger partial charge in [-0.3, -0.25) is 4.79 Å². The summed E-state index contributed by atoms with van der Waals surface area (Å²) in [6, 6.07) is 4.18. The van der Waals surface area contributed by atoms with Crippen molar-refractivity contribution in [3.8, 4) is 11.5 Å². The van der Waals surface area contributed by atoms with Gasteiger partial charge in [-0.05, 0) is 74.8 Å². The number of amides is 1. The van der Waals surface area contributed by atoms with Gasteiger partial charge in [0, 0.05) is 6.04 Å². The number of aromatic hydroxyl groups is 2. The highest BCUT2D eigenvalue weighted by Crippen LogP contribution is 2.62. The number of nitrogens with one attached hydrogen (secondary N) is 1. The van der Waals surface area contributed by atoms with E-state index in [-0.39, 0.29) is 28.5 Å². The lowest BCUT2D eigenvalue weighted by Gasteiger charge is -2.62.